The number of rotatable bonds is 13. The molecule has 18 nitrogen and oxygen atoms in total. The van der Waals surface area contributed by atoms with Crippen LogP contribution in [0.3, 0.4) is 0 Å². The zero-order chi connectivity index (χ0) is 51.5. The third kappa shape index (κ3) is 15.1. The molecule has 3 aliphatic rings. The van der Waals surface area contributed by atoms with Gasteiger partial charge in [-0.15, -0.1) is 0 Å². The molecule has 18 heteroatoms. The fourth-order valence-corrected chi connectivity index (χ4v) is 10.4. The lowest BCUT2D eigenvalue weighted by molar-refractivity contribution is -0.318. The zero-order valence-electron chi connectivity index (χ0n) is 43.1. The number of carbonyl (C=O) groups is 3. The van der Waals surface area contributed by atoms with Crippen LogP contribution in [0, 0.1) is 17.8 Å². The van der Waals surface area contributed by atoms with Crippen molar-refractivity contribution in [3.8, 4) is 0 Å². The number of likely N-dealkylation sites (N-methyl/N-ethyl adjacent to an activating group) is 1. The summed E-state index contributed by atoms with van der Waals surface area (Å²) in [4.78, 5) is 40.0. The molecule has 7 N–H and O–H groups in total. The topological polar surface area (TPSA) is 246 Å². The van der Waals surface area contributed by atoms with Gasteiger partial charge >= 0.3 is 5.97 Å². The Bertz CT molecular complexity index is 1690. The summed E-state index contributed by atoms with van der Waals surface area (Å²) in [5, 5.41) is 69.8. The van der Waals surface area contributed by atoms with Crippen LogP contribution < -0.4 is 5.32 Å². The van der Waals surface area contributed by atoms with Crippen LogP contribution >= 0.6 is 0 Å². The van der Waals surface area contributed by atoms with Gasteiger partial charge in [0, 0.05) is 51.2 Å². The van der Waals surface area contributed by atoms with Gasteiger partial charge in [-0.1, -0.05) is 51.1 Å². The molecule has 0 radical (unpaired) electrons. The smallest absolute Gasteiger partial charge is 0.311 e. The minimum atomic E-state index is -1.91. The number of cyclic esters (lactones) is 1. The Balaban J connectivity index is 0.00000397. The van der Waals surface area contributed by atoms with Crippen molar-refractivity contribution in [1.29, 1.82) is 0 Å². The quantitative estimate of drug-likeness (QED) is 0.0852. The summed E-state index contributed by atoms with van der Waals surface area (Å²) in [5.74, 6) is -3.29. The first-order valence-corrected chi connectivity index (χ1v) is 24.4. The molecule has 0 saturated carbocycles. The molecule has 68 heavy (non-hydrogen) atoms. The molecule has 0 aromatic heterocycles. The SMILES string of the molecule is CC[C@H]1OC(=O)[C@H](C)[C@@H](O[C@H]2C[C@@](C)(OC)[C@@H](O)[C@H](C)O2)[C@H](C)[C@@H](O[C@@H]2O[C@H](C)C[C@H](N(C)C)[C@H]2O)[C@](C)(O)C[C@@H](C)CN(CCCNC(=O)C(C)c2ccccc2)[C@H](C)[C@@H](O)[C@]1(C)O.O=CO. The highest BCUT2D eigenvalue weighted by Gasteiger charge is 2.53. The number of methoxy groups -OCH3 is 1. The summed E-state index contributed by atoms with van der Waals surface area (Å²) in [6, 6.07) is 8.57. The first kappa shape index (κ1) is 59.5. The maximum absolute atomic E-state index is 14.5. The number of nitrogens with one attached hydrogen (secondary N) is 1. The minimum Gasteiger partial charge on any atom is -0.483 e. The van der Waals surface area contributed by atoms with Gasteiger partial charge in [0.25, 0.3) is 6.47 Å². The maximum atomic E-state index is 14.5. The first-order valence-electron chi connectivity index (χ1n) is 24.4. The number of aliphatic hydroxyl groups is 5. The number of carbonyl (C=O) groups excluding carboxylic acids is 2. The second-order valence-electron chi connectivity index (χ2n) is 20.6. The van der Waals surface area contributed by atoms with Crippen molar-refractivity contribution in [3.63, 3.8) is 0 Å². The summed E-state index contributed by atoms with van der Waals surface area (Å²) in [7, 11) is 5.26. The lowest BCUT2D eigenvalue weighted by atomic mass is 9.77. The van der Waals surface area contributed by atoms with Crippen molar-refractivity contribution < 1.29 is 73.4 Å². The normalized spacial score (nSPS) is 40.7. The van der Waals surface area contributed by atoms with E-state index in [1.54, 1.807) is 34.6 Å². The number of carboxylic acid groups (broad SMARTS) is 1. The van der Waals surface area contributed by atoms with Crippen molar-refractivity contribution in [2.24, 2.45) is 17.8 Å². The molecule has 3 saturated heterocycles. The van der Waals surface area contributed by atoms with Crippen molar-refractivity contribution >= 4 is 18.3 Å². The predicted octanol–water partition coefficient (Wildman–Crippen LogP) is 3.28. The Labute approximate surface area is 404 Å². The zero-order valence-corrected chi connectivity index (χ0v) is 43.1. The Morgan fingerprint density at radius 3 is 2.18 bits per heavy atom. The fraction of sp³-hybridized carbons (Fsp3) is 0.820. The molecule has 3 heterocycles. The van der Waals surface area contributed by atoms with E-state index in [0.29, 0.717) is 32.5 Å². The monoisotopic (exact) mass is 970 g/mol. The van der Waals surface area contributed by atoms with Crippen LogP contribution in [0.5, 0.6) is 0 Å². The molecule has 0 bridgehead atoms. The van der Waals surface area contributed by atoms with Gasteiger partial charge in [-0.3, -0.25) is 19.3 Å². The lowest BCUT2D eigenvalue weighted by Gasteiger charge is -2.48. The average Bonchev–Trinajstić information content (AvgIpc) is 3.28. The van der Waals surface area contributed by atoms with Crippen LogP contribution in [0.4, 0.5) is 0 Å². The molecule has 1 aromatic rings. The van der Waals surface area contributed by atoms with E-state index in [0.717, 1.165) is 5.56 Å². The molecule has 0 spiro atoms. The second kappa shape index (κ2) is 26.0. The number of hydrogen-bond acceptors (Lipinski definition) is 16. The highest BCUT2D eigenvalue weighted by atomic mass is 16.7. The molecule has 1 aromatic carbocycles. The highest BCUT2D eigenvalue weighted by molar-refractivity contribution is 5.83. The van der Waals surface area contributed by atoms with E-state index in [9.17, 15) is 35.1 Å². The Kier molecular flexibility index (Phi) is 22.8. The molecule has 392 valence electrons. The number of benzene rings is 1. The third-order valence-corrected chi connectivity index (χ3v) is 14.6. The Hall–Kier alpha value is -2.85. The van der Waals surface area contributed by atoms with E-state index < -0.39 is 96.0 Å². The molecule has 19 atom stereocenters. The van der Waals surface area contributed by atoms with Crippen LogP contribution in [0.15, 0.2) is 30.3 Å². The van der Waals surface area contributed by atoms with Crippen LogP contribution in [0.2, 0.25) is 0 Å². The van der Waals surface area contributed by atoms with Crippen molar-refractivity contribution in [2.75, 3.05) is 40.8 Å². The lowest BCUT2D eigenvalue weighted by Crippen LogP contribution is -2.60. The number of esters is 1. The molecule has 3 fully saturated rings. The van der Waals surface area contributed by atoms with E-state index in [-0.39, 0.29) is 55.6 Å². The van der Waals surface area contributed by atoms with Gasteiger partial charge < -0.3 is 69.3 Å². The van der Waals surface area contributed by atoms with Gasteiger partial charge in [-0.2, -0.15) is 0 Å². The van der Waals surface area contributed by atoms with Crippen molar-refractivity contribution in [1.82, 2.24) is 15.1 Å². The minimum absolute atomic E-state index is 0.105. The molecule has 1 unspecified atom stereocenters. The van der Waals surface area contributed by atoms with E-state index >= 15 is 0 Å². The van der Waals surface area contributed by atoms with Gasteiger partial charge in [0.2, 0.25) is 5.91 Å². The molecular formula is C50H87N3O15. The number of amides is 1. The van der Waals surface area contributed by atoms with Crippen molar-refractivity contribution in [2.45, 2.75) is 204 Å². The summed E-state index contributed by atoms with van der Waals surface area (Å²) in [5.41, 5.74) is -3.70. The molecule has 0 aliphatic carbocycles. The number of aliphatic hydroxyl groups excluding tert-OH is 3. The van der Waals surface area contributed by atoms with E-state index in [4.69, 9.17) is 38.3 Å². The van der Waals surface area contributed by atoms with Crippen LogP contribution in [-0.4, -0.2) is 190 Å². The standard InChI is InChI=1S/C49H85N3O13.CH2O2/c1-15-37-49(11,59)41(54)33(7)52(23-19-22-50-44(56)30(4)35-20-17-16-18-21-35)27-28(2)25-47(9,58)43(65-46-39(53)36(51(12)13)24-29(3)61-46)31(5)40(32(6)45(57)63-37)64-38-26-48(10,60-14)42(55)34(8)62-38;2-1-3/h16-18,20-21,28-34,36-43,46,53-55,58-59H,15,19,22-27H2,1-14H3,(H,50,56);1H,(H,2,3)/t28-,29-,30?,31+,32-,33-,34+,36+,37-,38+,39-,40+,41-,42+,43-,46+,47-,48-,49-;/m1./s1. The summed E-state index contributed by atoms with van der Waals surface area (Å²) in [6.07, 6.45) is -8.41. The van der Waals surface area contributed by atoms with Gasteiger partial charge in [0.1, 0.15) is 30.0 Å². The highest BCUT2D eigenvalue weighted by Crippen LogP contribution is 2.40. The number of hydrogen-bond donors (Lipinski definition) is 7. The summed E-state index contributed by atoms with van der Waals surface area (Å²) >= 11 is 0. The molecule has 1 amide bonds. The van der Waals surface area contributed by atoms with E-state index in [1.165, 1.54) is 14.0 Å². The van der Waals surface area contributed by atoms with E-state index in [1.807, 2.05) is 88.8 Å². The summed E-state index contributed by atoms with van der Waals surface area (Å²) in [6.45, 7) is 20.3. The largest absolute Gasteiger partial charge is 0.483 e. The second-order valence-corrected chi connectivity index (χ2v) is 20.6. The fourth-order valence-electron chi connectivity index (χ4n) is 10.4. The molecular weight excluding hydrogens is 883 g/mol. The Morgan fingerprint density at radius 1 is 0.985 bits per heavy atom. The predicted molar refractivity (Wildman–Crippen MR) is 254 cm³/mol. The molecule has 3 aliphatic heterocycles. The van der Waals surface area contributed by atoms with Gasteiger partial charge in [-0.05, 0) is 107 Å². The van der Waals surface area contributed by atoms with Gasteiger partial charge in [0.15, 0.2) is 12.6 Å². The number of nitrogens with zero attached hydrogens (tertiary/aromatic N) is 2. The van der Waals surface area contributed by atoms with Crippen LogP contribution in [0.1, 0.15) is 120 Å². The average molecular weight is 970 g/mol. The molecule has 4 rings (SSSR count). The maximum Gasteiger partial charge on any atom is 0.311 e. The number of ether oxygens (including phenoxy) is 6. The van der Waals surface area contributed by atoms with E-state index in [2.05, 4.69) is 5.32 Å². The third-order valence-electron chi connectivity index (χ3n) is 14.6. The van der Waals surface area contributed by atoms with Crippen LogP contribution in [-0.2, 0) is 42.8 Å². The first-order chi connectivity index (χ1) is 31.7. The van der Waals surface area contributed by atoms with Crippen LogP contribution in [0.25, 0.3) is 0 Å². The van der Waals surface area contributed by atoms with Crippen molar-refractivity contribution in [3.05, 3.63) is 35.9 Å². The Morgan fingerprint density at radius 2 is 1.60 bits per heavy atom. The summed E-state index contributed by atoms with van der Waals surface area (Å²) < 4.78 is 38.1. The van der Waals surface area contributed by atoms with Gasteiger partial charge in [0.05, 0.1) is 47.5 Å². The van der Waals surface area contributed by atoms with Gasteiger partial charge in [-0.25, -0.2) is 0 Å².